The second kappa shape index (κ2) is 2.59. The average molecular weight is 107 g/mol. The van der Waals surface area contributed by atoms with Crippen LogP contribution in [-0.2, 0) is 0 Å². The maximum absolute atomic E-state index is 8.29. The van der Waals surface area contributed by atoms with E-state index in [1.54, 1.807) is 0 Å². The van der Waals surface area contributed by atoms with Crippen LogP contribution in [0.5, 0.6) is 0 Å². The Morgan fingerprint density at radius 3 is 2.20 bits per heavy atom. The molecule has 0 aliphatic heterocycles. The Balaban J connectivity index is 2.97. The van der Waals surface area contributed by atoms with Crippen molar-refractivity contribution >= 4 is 19.0 Å². The third-order valence-corrected chi connectivity index (χ3v) is 1.70. The molecular formula is C2H6NPS. The lowest BCUT2D eigenvalue weighted by molar-refractivity contribution is 1.50. The van der Waals surface area contributed by atoms with Gasteiger partial charge in [0.1, 0.15) is 6.76 Å². The van der Waals surface area contributed by atoms with Crippen molar-refractivity contribution in [1.29, 1.82) is 5.00 Å². The van der Waals surface area contributed by atoms with E-state index in [9.17, 15) is 0 Å². The number of hydrogen-bond donors (Lipinski definition) is 1. The van der Waals surface area contributed by atoms with E-state index in [1.807, 2.05) is 6.92 Å². The summed E-state index contributed by atoms with van der Waals surface area (Å²) >= 11 is 3.72. The standard InChI is InChI=1S/C2H6NPS/c1-2-4(3)5/h5H,2H2,1H3. The monoisotopic (exact) mass is 107 g/mol. The normalized spacial score (nSPS) is 11.0. The van der Waals surface area contributed by atoms with Gasteiger partial charge in [-0.3, -0.25) is 0 Å². The molecule has 0 saturated heterocycles. The molecule has 0 rings (SSSR count). The molecule has 0 amide bonds. The molecular weight excluding hydrogens is 101 g/mol. The Hall–Kier alpha value is 0.360. The maximum Gasteiger partial charge on any atom is 0.100 e. The molecule has 0 radical (unpaired) electrons. The highest BCUT2D eigenvalue weighted by Crippen LogP contribution is 2.19. The van der Waals surface area contributed by atoms with Gasteiger partial charge < -0.3 is 0 Å². The molecule has 0 aromatic rings. The summed E-state index contributed by atoms with van der Waals surface area (Å²) in [5, 5.41) is 8.29. The molecule has 1 unspecified atom stereocenters. The molecule has 1 nitrogen and oxygen atoms in total. The molecule has 1 atom stereocenters. The second-order valence-electron chi connectivity index (χ2n) is 0.689. The van der Waals surface area contributed by atoms with Crippen molar-refractivity contribution in [3.63, 3.8) is 0 Å². The van der Waals surface area contributed by atoms with E-state index < -0.39 is 6.76 Å². The summed E-state index contributed by atoms with van der Waals surface area (Å²) in [6.45, 7) is 0.998. The summed E-state index contributed by atoms with van der Waals surface area (Å²) in [4.78, 5) is 0. The zero-order valence-corrected chi connectivity index (χ0v) is 4.84. The molecule has 0 N–H and O–H groups in total. The maximum atomic E-state index is 8.29. The van der Waals surface area contributed by atoms with Crippen molar-refractivity contribution in [3.05, 3.63) is 0 Å². The van der Waals surface area contributed by atoms with E-state index in [4.69, 9.17) is 5.00 Å². The first-order valence-electron chi connectivity index (χ1n) is 1.42. The molecule has 0 aromatic carbocycles. The molecule has 0 aliphatic rings. The Morgan fingerprint density at radius 1 is 2.00 bits per heavy atom. The lowest BCUT2D eigenvalue weighted by atomic mass is 11.0. The largest absolute Gasteiger partial charge is 0.233 e. The van der Waals surface area contributed by atoms with Gasteiger partial charge in [0.05, 0.1) is 0 Å². The topological polar surface area (TPSA) is 23.8 Å². The molecule has 0 heterocycles. The molecule has 0 aliphatic carbocycles. The van der Waals surface area contributed by atoms with Gasteiger partial charge in [-0.25, -0.2) is 5.00 Å². The van der Waals surface area contributed by atoms with E-state index >= 15 is 0 Å². The van der Waals surface area contributed by atoms with Gasteiger partial charge in [0.25, 0.3) is 0 Å². The van der Waals surface area contributed by atoms with Crippen molar-refractivity contribution in [2.24, 2.45) is 0 Å². The molecule has 0 spiro atoms. The van der Waals surface area contributed by atoms with Crippen LogP contribution in [0.15, 0.2) is 0 Å². The first-order chi connectivity index (χ1) is 2.27. The van der Waals surface area contributed by atoms with Crippen molar-refractivity contribution in [2.75, 3.05) is 6.16 Å². The summed E-state index contributed by atoms with van der Waals surface area (Å²) in [6, 6.07) is 0. The zero-order valence-electron chi connectivity index (χ0n) is 3.05. The minimum Gasteiger partial charge on any atom is -0.233 e. The van der Waals surface area contributed by atoms with Crippen LogP contribution in [0.3, 0.4) is 0 Å². The average Bonchev–Trinajstić information content (AvgIpc) is 1.38. The van der Waals surface area contributed by atoms with Gasteiger partial charge in [0.2, 0.25) is 0 Å². The summed E-state index contributed by atoms with van der Waals surface area (Å²) in [5.74, 6) is 0. The molecule has 0 saturated carbocycles. The van der Waals surface area contributed by atoms with Crippen LogP contribution >= 0.6 is 19.0 Å². The fourth-order valence-electron chi connectivity index (χ4n) is 0. The zero-order chi connectivity index (χ0) is 4.28. The number of hydrogen-bond acceptors (Lipinski definition) is 2. The summed E-state index contributed by atoms with van der Waals surface area (Å²) < 4.78 is 0. The predicted octanol–water partition coefficient (Wildman–Crippen LogP) is 1.81. The van der Waals surface area contributed by atoms with Gasteiger partial charge in [0.15, 0.2) is 0 Å². The molecule has 0 aromatic heterocycles. The van der Waals surface area contributed by atoms with Gasteiger partial charge in [0, 0.05) is 6.16 Å². The van der Waals surface area contributed by atoms with Crippen LogP contribution in [0.1, 0.15) is 6.92 Å². The minimum atomic E-state index is -0.904. The smallest absolute Gasteiger partial charge is 0.100 e. The fraction of sp³-hybridized carbons (Fsp3) is 1.00. The molecule has 3 heteroatoms. The Morgan fingerprint density at radius 2 is 2.20 bits per heavy atom. The third-order valence-electron chi connectivity index (χ3n) is 0.283. The van der Waals surface area contributed by atoms with Gasteiger partial charge in [-0.15, -0.1) is 0 Å². The predicted molar refractivity (Wildman–Crippen MR) is 28.2 cm³/mol. The van der Waals surface area contributed by atoms with Gasteiger partial charge in [-0.1, -0.05) is 19.2 Å². The highest BCUT2D eigenvalue weighted by Gasteiger charge is 1.71. The fourth-order valence-corrected chi connectivity index (χ4v) is 0. The highest BCUT2D eigenvalue weighted by atomic mass is 32.7. The quantitative estimate of drug-likeness (QED) is 0.370. The Labute approximate surface area is 37.9 Å². The van der Waals surface area contributed by atoms with E-state index in [0.29, 0.717) is 0 Å². The first-order valence-corrected chi connectivity index (χ1v) is 4.06. The van der Waals surface area contributed by atoms with Crippen molar-refractivity contribution in [1.82, 2.24) is 0 Å². The Bertz CT molecular complexity index is 71.5. The van der Waals surface area contributed by atoms with E-state index in [2.05, 4.69) is 12.2 Å². The van der Waals surface area contributed by atoms with Crippen LogP contribution in [-0.4, -0.2) is 6.16 Å². The second-order valence-corrected chi connectivity index (χ2v) is 3.45. The summed E-state index contributed by atoms with van der Waals surface area (Å²) in [6.07, 6.45) is 0.790. The molecule has 30 valence electrons. The number of nitrogens with zero attached hydrogens (tertiary/aromatic N) is 1. The van der Waals surface area contributed by atoms with Gasteiger partial charge in [-0.2, -0.15) is 0 Å². The van der Waals surface area contributed by atoms with Crippen molar-refractivity contribution in [3.8, 4) is 0 Å². The van der Waals surface area contributed by atoms with E-state index in [-0.39, 0.29) is 0 Å². The minimum absolute atomic E-state index is 0.790. The van der Waals surface area contributed by atoms with E-state index in [0.717, 1.165) is 6.16 Å². The lowest BCUT2D eigenvalue weighted by Crippen LogP contribution is -1.45. The molecule has 0 bridgehead atoms. The van der Waals surface area contributed by atoms with Gasteiger partial charge in [-0.05, 0) is 0 Å². The van der Waals surface area contributed by atoms with Crippen LogP contribution in [0.25, 0.3) is 0 Å². The lowest BCUT2D eigenvalue weighted by Gasteiger charge is -1.68. The first kappa shape index (κ1) is 5.36. The third kappa shape index (κ3) is 4.36. The molecule has 0 fully saturated rings. The SMILES string of the molecule is CCP(#N)S. The van der Waals surface area contributed by atoms with Crippen molar-refractivity contribution < 1.29 is 0 Å². The molecule has 5 heavy (non-hydrogen) atoms. The van der Waals surface area contributed by atoms with E-state index in [1.165, 1.54) is 0 Å². The van der Waals surface area contributed by atoms with Gasteiger partial charge >= 0.3 is 0 Å². The highest BCUT2D eigenvalue weighted by molar-refractivity contribution is 8.40. The van der Waals surface area contributed by atoms with Crippen LogP contribution < -0.4 is 0 Å². The van der Waals surface area contributed by atoms with Crippen LogP contribution in [0, 0.1) is 5.00 Å². The van der Waals surface area contributed by atoms with Crippen LogP contribution in [0.2, 0.25) is 0 Å². The Kier molecular flexibility index (Phi) is 2.78. The summed E-state index contributed by atoms with van der Waals surface area (Å²) in [5.41, 5.74) is 0. The van der Waals surface area contributed by atoms with Crippen molar-refractivity contribution in [2.45, 2.75) is 6.92 Å². The summed E-state index contributed by atoms with van der Waals surface area (Å²) in [7, 11) is 0. The van der Waals surface area contributed by atoms with Crippen LogP contribution in [0.4, 0.5) is 0 Å². The number of rotatable bonds is 0. The number of thiol groups is 1.